The van der Waals surface area contributed by atoms with E-state index >= 15 is 0 Å². The van der Waals surface area contributed by atoms with E-state index < -0.39 is 0 Å². The van der Waals surface area contributed by atoms with Crippen LogP contribution in [0.3, 0.4) is 0 Å². The highest BCUT2D eigenvalue weighted by Gasteiger charge is 2.00. The number of aromatic amines is 1. The van der Waals surface area contributed by atoms with Crippen molar-refractivity contribution in [2.75, 3.05) is 24.7 Å². The lowest BCUT2D eigenvalue weighted by molar-refractivity contribution is 0.417. The largest absolute Gasteiger partial charge is 0.495 e. The fourth-order valence-electron chi connectivity index (χ4n) is 1.74. The third-order valence-electron chi connectivity index (χ3n) is 2.71. The van der Waals surface area contributed by atoms with Crippen molar-refractivity contribution in [3.05, 3.63) is 36.4 Å². The Bertz CT molecular complexity index is 482. The van der Waals surface area contributed by atoms with Crippen LogP contribution in [0.25, 0.3) is 0 Å². The molecule has 1 heterocycles. The average molecular weight is 246 g/mol. The lowest BCUT2D eigenvalue weighted by atomic mass is 10.2. The number of nitrogens with zero attached hydrogens (tertiary/aromatic N) is 1. The number of methoxy groups -OCH3 is 1. The van der Waals surface area contributed by atoms with Crippen molar-refractivity contribution in [3.8, 4) is 5.75 Å². The van der Waals surface area contributed by atoms with Crippen molar-refractivity contribution in [3.63, 3.8) is 0 Å². The standard InChI is InChI=1S/C13H18N4O/c1-18-12-9-10(4-5-11(12)14)15-6-2-3-13-16-7-8-17-13/h4-5,7-9,15H,2-3,6,14H2,1H3,(H,16,17). The van der Waals surface area contributed by atoms with E-state index in [4.69, 9.17) is 10.5 Å². The van der Waals surface area contributed by atoms with E-state index in [1.807, 2.05) is 24.4 Å². The number of ether oxygens (including phenoxy) is 1. The number of anilines is 2. The number of nitrogens with two attached hydrogens (primary N) is 1. The molecule has 4 N–H and O–H groups in total. The second-order valence-electron chi connectivity index (χ2n) is 4.02. The van der Waals surface area contributed by atoms with Crippen LogP contribution in [0.1, 0.15) is 12.2 Å². The summed E-state index contributed by atoms with van der Waals surface area (Å²) in [7, 11) is 1.62. The summed E-state index contributed by atoms with van der Waals surface area (Å²) in [5, 5.41) is 3.33. The average Bonchev–Trinajstić information content (AvgIpc) is 2.89. The van der Waals surface area contributed by atoms with Gasteiger partial charge in [-0.2, -0.15) is 0 Å². The summed E-state index contributed by atoms with van der Waals surface area (Å²) >= 11 is 0. The third-order valence-corrected chi connectivity index (χ3v) is 2.71. The maximum absolute atomic E-state index is 5.75. The highest BCUT2D eigenvalue weighted by atomic mass is 16.5. The van der Waals surface area contributed by atoms with Gasteiger partial charge in [-0.15, -0.1) is 0 Å². The highest BCUT2D eigenvalue weighted by Crippen LogP contribution is 2.24. The van der Waals surface area contributed by atoms with Crippen LogP contribution in [-0.2, 0) is 6.42 Å². The number of imidazole rings is 1. The molecule has 1 aromatic carbocycles. The topological polar surface area (TPSA) is 76.0 Å². The van der Waals surface area contributed by atoms with E-state index in [1.165, 1.54) is 0 Å². The van der Waals surface area contributed by atoms with E-state index in [0.29, 0.717) is 11.4 Å². The van der Waals surface area contributed by atoms with Gasteiger partial charge >= 0.3 is 0 Å². The Morgan fingerprint density at radius 1 is 1.44 bits per heavy atom. The summed E-state index contributed by atoms with van der Waals surface area (Å²) in [6.45, 7) is 0.883. The number of rotatable bonds is 6. The minimum absolute atomic E-state index is 0.652. The molecule has 0 aliphatic heterocycles. The second kappa shape index (κ2) is 5.95. The van der Waals surface area contributed by atoms with E-state index in [1.54, 1.807) is 13.3 Å². The van der Waals surface area contributed by atoms with Crippen molar-refractivity contribution in [2.24, 2.45) is 0 Å². The van der Waals surface area contributed by atoms with Crippen molar-refractivity contribution in [1.82, 2.24) is 9.97 Å². The number of aryl methyl sites for hydroxylation is 1. The van der Waals surface area contributed by atoms with Gasteiger partial charge in [-0.05, 0) is 18.6 Å². The van der Waals surface area contributed by atoms with Crippen molar-refractivity contribution < 1.29 is 4.74 Å². The molecule has 0 spiro atoms. The molecular weight excluding hydrogens is 228 g/mol. The van der Waals surface area contributed by atoms with Gasteiger partial charge in [0.2, 0.25) is 0 Å². The van der Waals surface area contributed by atoms with Gasteiger partial charge in [-0.3, -0.25) is 0 Å². The zero-order valence-electron chi connectivity index (χ0n) is 10.4. The summed E-state index contributed by atoms with van der Waals surface area (Å²) in [5.41, 5.74) is 7.42. The van der Waals surface area contributed by atoms with E-state index in [2.05, 4.69) is 15.3 Å². The van der Waals surface area contributed by atoms with Gasteiger partial charge in [-0.1, -0.05) is 0 Å². The SMILES string of the molecule is COc1cc(NCCCc2ncc[nH]2)ccc1N. The van der Waals surface area contributed by atoms with Crippen LogP contribution in [-0.4, -0.2) is 23.6 Å². The molecule has 1 aromatic heterocycles. The lowest BCUT2D eigenvalue weighted by Gasteiger charge is -2.09. The second-order valence-corrected chi connectivity index (χ2v) is 4.02. The number of hydrogen-bond donors (Lipinski definition) is 3. The van der Waals surface area contributed by atoms with Gasteiger partial charge in [0.25, 0.3) is 0 Å². The first-order chi connectivity index (χ1) is 8.79. The normalized spacial score (nSPS) is 10.3. The quantitative estimate of drug-likeness (QED) is 0.538. The van der Waals surface area contributed by atoms with Gasteiger partial charge in [0.1, 0.15) is 11.6 Å². The zero-order valence-corrected chi connectivity index (χ0v) is 10.4. The summed E-state index contributed by atoms with van der Waals surface area (Å²) in [5.74, 6) is 1.72. The molecule has 0 saturated carbocycles. The molecule has 0 fully saturated rings. The Hall–Kier alpha value is -2.17. The highest BCUT2D eigenvalue weighted by molar-refractivity contribution is 5.61. The maximum atomic E-state index is 5.75. The Labute approximate surface area is 106 Å². The number of hydrogen-bond acceptors (Lipinski definition) is 4. The van der Waals surface area contributed by atoms with Crippen LogP contribution < -0.4 is 15.8 Å². The molecule has 0 unspecified atom stereocenters. The number of nitrogens with one attached hydrogen (secondary N) is 2. The molecule has 0 bridgehead atoms. The van der Waals surface area contributed by atoms with Crippen LogP contribution in [0.4, 0.5) is 11.4 Å². The van der Waals surface area contributed by atoms with Gasteiger partial charge in [0.15, 0.2) is 0 Å². The van der Waals surface area contributed by atoms with Crippen LogP contribution in [0.2, 0.25) is 0 Å². The Morgan fingerprint density at radius 2 is 2.33 bits per heavy atom. The minimum Gasteiger partial charge on any atom is -0.495 e. The molecule has 0 amide bonds. The monoisotopic (exact) mass is 246 g/mol. The molecule has 0 radical (unpaired) electrons. The molecule has 2 aromatic rings. The van der Waals surface area contributed by atoms with Crippen molar-refractivity contribution >= 4 is 11.4 Å². The van der Waals surface area contributed by atoms with Gasteiger partial charge in [0, 0.05) is 37.1 Å². The summed E-state index contributed by atoms with van der Waals surface area (Å²) in [4.78, 5) is 7.27. The summed E-state index contributed by atoms with van der Waals surface area (Å²) < 4.78 is 5.17. The Balaban J connectivity index is 1.79. The molecule has 5 nitrogen and oxygen atoms in total. The first-order valence-electron chi connectivity index (χ1n) is 5.95. The molecular formula is C13H18N4O. The summed E-state index contributed by atoms with van der Waals surface area (Å²) in [6, 6.07) is 5.70. The van der Waals surface area contributed by atoms with Crippen LogP contribution in [0.15, 0.2) is 30.6 Å². The third kappa shape index (κ3) is 3.16. The van der Waals surface area contributed by atoms with E-state index in [0.717, 1.165) is 30.9 Å². The van der Waals surface area contributed by atoms with E-state index in [-0.39, 0.29) is 0 Å². The molecule has 0 atom stereocenters. The number of nitrogen functional groups attached to an aromatic ring is 1. The van der Waals surface area contributed by atoms with Crippen LogP contribution >= 0.6 is 0 Å². The molecule has 0 saturated heterocycles. The molecule has 5 heteroatoms. The minimum atomic E-state index is 0.652. The molecule has 2 rings (SSSR count). The van der Waals surface area contributed by atoms with Crippen molar-refractivity contribution in [1.29, 1.82) is 0 Å². The predicted molar refractivity (Wildman–Crippen MR) is 72.8 cm³/mol. The summed E-state index contributed by atoms with van der Waals surface area (Å²) in [6.07, 6.45) is 5.56. The molecule has 18 heavy (non-hydrogen) atoms. The van der Waals surface area contributed by atoms with Crippen LogP contribution in [0, 0.1) is 0 Å². The predicted octanol–water partition coefficient (Wildman–Crippen LogP) is 2.05. The fourth-order valence-corrected chi connectivity index (χ4v) is 1.74. The van der Waals surface area contributed by atoms with Gasteiger partial charge < -0.3 is 20.8 Å². The first-order valence-corrected chi connectivity index (χ1v) is 5.95. The van der Waals surface area contributed by atoms with Crippen molar-refractivity contribution in [2.45, 2.75) is 12.8 Å². The Morgan fingerprint density at radius 3 is 3.06 bits per heavy atom. The first kappa shape index (κ1) is 12.3. The molecule has 0 aliphatic rings. The Kier molecular flexibility index (Phi) is 4.06. The zero-order chi connectivity index (χ0) is 12.8. The van der Waals surface area contributed by atoms with Gasteiger partial charge in [-0.25, -0.2) is 4.98 Å². The maximum Gasteiger partial charge on any atom is 0.143 e. The molecule has 96 valence electrons. The number of H-pyrrole nitrogens is 1. The fraction of sp³-hybridized carbons (Fsp3) is 0.308. The number of aromatic nitrogens is 2. The number of benzene rings is 1. The molecule has 0 aliphatic carbocycles. The van der Waals surface area contributed by atoms with Crippen LogP contribution in [0.5, 0.6) is 5.75 Å². The smallest absolute Gasteiger partial charge is 0.143 e. The van der Waals surface area contributed by atoms with E-state index in [9.17, 15) is 0 Å². The van der Waals surface area contributed by atoms with Gasteiger partial charge in [0.05, 0.1) is 12.8 Å². The lowest BCUT2D eigenvalue weighted by Crippen LogP contribution is -2.04.